The molecule has 3 rings (SSSR count). The van der Waals surface area contributed by atoms with Gasteiger partial charge in [0.1, 0.15) is 0 Å². The monoisotopic (exact) mass is 376 g/mol. The van der Waals surface area contributed by atoms with Crippen LogP contribution in [0.2, 0.25) is 10.0 Å². The zero-order chi connectivity index (χ0) is 17.8. The maximum absolute atomic E-state index is 12.0. The molecule has 0 saturated carbocycles. The normalized spacial score (nSPS) is 10.6. The highest BCUT2D eigenvalue weighted by Gasteiger charge is 2.13. The van der Waals surface area contributed by atoms with Crippen LogP contribution in [-0.4, -0.2) is 23.5 Å². The number of fused-ring (bicyclic) bond motifs is 1. The molecule has 7 heteroatoms. The number of anilines is 1. The molecule has 1 aromatic heterocycles. The van der Waals surface area contributed by atoms with Crippen molar-refractivity contribution in [2.24, 2.45) is 0 Å². The molecule has 2 aromatic carbocycles. The van der Waals surface area contributed by atoms with E-state index in [1.54, 1.807) is 24.4 Å². The molecule has 25 heavy (non-hydrogen) atoms. The van der Waals surface area contributed by atoms with Crippen molar-refractivity contribution in [3.63, 3.8) is 0 Å². The molecule has 0 aliphatic heterocycles. The Hall–Kier alpha value is -2.50. The van der Waals surface area contributed by atoms with E-state index < -0.39 is 18.5 Å². The smallest absolute Gasteiger partial charge is 0.310 e. The molecule has 128 valence electrons. The molecule has 0 saturated heterocycles. The second-order valence-corrected chi connectivity index (χ2v) is 6.16. The van der Waals surface area contributed by atoms with Gasteiger partial charge in [0.2, 0.25) is 0 Å². The number of carbonyl (C=O) groups excluding carboxylic acids is 2. The van der Waals surface area contributed by atoms with Gasteiger partial charge in [0.25, 0.3) is 5.91 Å². The Balaban J connectivity index is 1.56. The first-order valence-corrected chi connectivity index (χ1v) is 8.24. The zero-order valence-corrected chi connectivity index (χ0v) is 14.5. The topological polar surface area (TPSA) is 71.2 Å². The number of ether oxygens (including phenoxy) is 1. The number of halogens is 2. The predicted molar refractivity (Wildman–Crippen MR) is 98.1 cm³/mol. The van der Waals surface area contributed by atoms with E-state index in [1.807, 2.05) is 24.3 Å². The molecule has 0 radical (unpaired) electrons. The number of para-hydroxylation sites is 2. The van der Waals surface area contributed by atoms with Crippen molar-refractivity contribution in [1.82, 2.24) is 4.98 Å². The predicted octanol–water partition coefficient (Wildman–Crippen LogP) is 4.20. The first-order valence-electron chi connectivity index (χ1n) is 7.49. The maximum Gasteiger partial charge on any atom is 0.310 e. The molecular formula is C18H14Cl2N2O3. The second-order valence-electron chi connectivity index (χ2n) is 5.34. The van der Waals surface area contributed by atoms with Crippen molar-refractivity contribution in [2.75, 3.05) is 11.9 Å². The Morgan fingerprint density at radius 1 is 1.04 bits per heavy atom. The van der Waals surface area contributed by atoms with Crippen molar-refractivity contribution >= 4 is 51.7 Å². The van der Waals surface area contributed by atoms with Crippen molar-refractivity contribution in [2.45, 2.75) is 6.42 Å². The van der Waals surface area contributed by atoms with Crippen LogP contribution in [0, 0.1) is 0 Å². The van der Waals surface area contributed by atoms with Crippen LogP contribution in [0.25, 0.3) is 10.9 Å². The quantitative estimate of drug-likeness (QED) is 0.655. The summed E-state index contributed by atoms with van der Waals surface area (Å²) in [4.78, 5) is 27.0. The Morgan fingerprint density at radius 3 is 2.52 bits per heavy atom. The van der Waals surface area contributed by atoms with Crippen LogP contribution in [0.1, 0.15) is 5.56 Å². The summed E-state index contributed by atoms with van der Waals surface area (Å²) in [5, 5.41) is 4.11. The third-order valence-corrected chi connectivity index (χ3v) is 4.23. The van der Waals surface area contributed by atoms with Crippen LogP contribution in [-0.2, 0) is 20.7 Å². The van der Waals surface area contributed by atoms with Gasteiger partial charge in [0.15, 0.2) is 6.61 Å². The highest BCUT2D eigenvalue weighted by molar-refractivity contribution is 6.39. The second kappa shape index (κ2) is 7.59. The van der Waals surface area contributed by atoms with Crippen LogP contribution in [0.4, 0.5) is 5.69 Å². The van der Waals surface area contributed by atoms with Gasteiger partial charge < -0.3 is 15.0 Å². The number of H-pyrrole nitrogens is 1. The number of aromatic amines is 1. The Bertz CT molecular complexity index is 917. The van der Waals surface area contributed by atoms with Gasteiger partial charge in [0.05, 0.1) is 22.2 Å². The van der Waals surface area contributed by atoms with Gasteiger partial charge in [0, 0.05) is 17.1 Å². The summed E-state index contributed by atoms with van der Waals surface area (Å²) in [5.41, 5.74) is 2.05. The molecule has 0 spiro atoms. The summed E-state index contributed by atoms with van der Waals surface area (Å²) < 4.78 is 5.03. The van der Waals surface area contributed by atoms with Crippen molar-refractivity contribution in [3.8, 4) is 0 Å². The summed E-state index contributed by atoms with van der Waals surface area (Å²) in [7, 11) is 0. The number of hydrogen-bond donors (Lipinski definition) is 2. The molecule has 1 amide bonds. The van der Waals surface area contributed by atoms with Gasteiger partial charge in [-0.2, -0.15) is 0 Å². The van der Waals surface area contributed by atoms with Gasteiger partial charge in [-0.05, 0) is 23.8 Å². The number of aromatic nitrogens is 1. The molecule has 0 aliphatic carbocycles. The van der Waals surface area contributed by atoms with Crippen LogP contribution in [0.15, 0.2) is 48.7 Å². The lowest BCUT2D eigenvalue weighted by molar-refractivity contribution is -0.146. The highest BCUT2D eigenvalue weighted by atomic mass is 35.5. The van der Waals surface area contributed by atoms with Crippen LogP contribution in [0.3, 0.4) is 0 Å². The number of hydrogen-bond acceptors (Lipinski definition) is 3. The lowest BCUT2D eigenvalue weighted by atomic mass is 10.1. The molecule has 0 atom stereocenters. The maximum atomic E-state index is 12.0. The number of rotatable bonds is 5. The molecule has 0 aliphatic rings. The van der Waals surface area contributed by atoms with Gasteiger partial charge in [-0.25, -0.2) is 0 Å². The van der Waals surface area contributed by atoms with Crippen LogP contribution in [0.5, 0.6) is 0 Å². The van der Waals surface area contributed by atoms with E-state index in [4.69, 9.17) is 27.9 Å². The molecule has 2 N–H and O–H groups in total. The average Bonchev–Trinajstić information content (AvgIpc) is 3.00. The third kappa shape index (κ3) is 4.13. The van der Waals surface area contributed by atoms with Gasteiger partial charge >= 0.3 is 5.97 Å². The Labute approximate surface area is 153 Å². The lowest BCUT2D eigenvalue weighted by Crippen LogP contribution is -2.22. The number of nitrogens with one attached hydrogen (secondary N) is 2. The standard InChI is InChI=1S/C18H14Cl2N2O3/c19-13-5-3-6-14(20)18(13)22-16(23)10-25-17(24)8-11-9-21-15-7-2-1-4-12(11)15/h1-7,9,21H,8,10H2,(H,22,23). The molecule has 0 unspecified atom stereocenters. The summed E-state index contributed by atoms with van der Waals surface area (Å²) in [6, 6.07) is 12.5. The van der Waals surface area contributed by atoms with Gasteiger partial charge in [-0.15, -0.1) is 0 Å². The van der Waals surface area contributed by atoms with Crippen LogP contribution >= 0.6 is 23.2 Å². The van der Waals surface area contributed by atoms with Crippen molar-refractivity contribution in [1.29, 1.82) is 0 Å². The highest BCUT2D eigenvalue weighted by Crippen LogP contribution is 2.29. The SMILES string of the molecule is O=C(COC(=O)Cc1c[nH]c2ccccc12)Nc1c(Cl)cccc1Cl. The van der Waals surface area contributed by atoms with Crippen LogP contribution < -0.4 is 5.32 Å². The van der Waals surface area contributed by atoms with E-state index in [0.29, 0.717) is 15.7 Å². The first kappa shape index (κ1) is 17.3. The van der Waals surface area contributed by atoms with E-state index in [1.165, 1.54) is 0 Å². The summed E-state index contributed by atoms with van der Waals surface area (Å²) >= 11 is 12.0. The number of amides is 1. The Kier molecular flexibility index (Phi) is 5.26. The molecule has 3 aromatic rings. The summed E-state index contributed by atoms with van der Waals surface area (Å²) in [5.74, 6) is -1.01. The fraction of sp³-hybridized carbons (Fsp3) is 0.111. The Morgan fingerprint density at radius 2 is 1.76 bits per heavy atom. The third-order valence-electron chi connectivity index (χ3n) is 3.60. The van der Waals surface area contributed by atoms with Crippen molar-refractivity contribution in [3.05, 3.63) is 64.3 Å². The van der Waals surface area contributed by atoms with Crippen molar-refractivity contribution < 1.29 is 14.3 Å². The first-order chi connectivity index (χ1) is 12.0. The van der Waals surface area contributed by atoms with E-state index in [0.717, 1.165) is 16.5 Å². The largest absolute Gasteiger partial charge is 0.455 e. The molecule has 1 heterocycles. The van der Waals surface area contributed by atoms with E-state index in [2.05, 4.69) is 10.3 Å². The molecule has 0 bridgehead atoms. The number of esters is 1. The number of benzene rings is 2. The average molecular weight is 377 g/mol. The van der Waals surface area contributed by atoms with E-state index in [-0.39, 0.29) is 6.42 Å². The molecule has 5 nitrogen and oxygen atoms in total. The number of carbonyl (C=O) groups is 2. The lowest BCUT2D eigenvalue weighted by Gasteiger charge is -2.09. The van der Waals surface area contributed by atoms with E-state index >= 15 is 0 Å². The minimum atomic E-state index is -0.512. The summed E-state index contributed by atoms with van der Waals surface area (Å²) in [6.45, 7) is -0.414. The fourth-order valence-corrected chi connectivity index (χ4v) is 2.92. The van der Waals surface area contributed by atoms with Gasteiger partial charge in [-0.3, -0.25) is 9.59 Å². The minimum Gasteiger partial charge on any atom is -0.455 e. The van der Waals surface area contributed by atoms with Gasteiger partial charge in [-0.1, -0.05) is 47.5 Å². The molecule has 0 fully saturated rings. The molecular weight excluding hydrogens is 363 g/mol. The summed E-state index contributed by atoms with van der Waals surface area (Å²) in [6.07, 6.45) is 1.83. The fourth-order valence-electron chi connectivity index (χ4n) is 2.42. The zero-order valence-electron chi connectivity index (χ0n) is 13.0. The van der Waals surface area contributed by atoms with E-state index in [9.17, 15) is 9.59 Å². The minimum absolute atomic E-state index is 0.0736.